The first-order valence-electron chi connectivity index (χ1n) is 4.92. The predicted octanol–water partition coefficient (Wildman–Crippen LogP) is 1.37. The molecular weight excluding hydrogens is 284 g/mol. The van der Waals surface area contributed by atoms with Gasteiger partial charge in [0.2, 0.25) is 0 Å². The van der Waals surface area contributed by atoms with Crippen molar-refractivity contribution < 1.29 is 4.79 Å². The van der Waals surface area contributed by atoms with E-state index in [0.29, 0.717) is 17.8 Å². The van der Waals surface area contributed by atoms with Crippen LogP contribution in [-0.2, 0) is 6.54 Å². The average Bonchev–Trinajstić information content (AvgIpc) is 2.72. The number of primary amides is 1. The first-order chi connectivity index (χ1) is 8.06. The van der Waals surface area contributed by atoms with Crippen molar-refractivity contribution in [2.24, 2.45) is 5.73 Å². The lowest BCUT2D eigenvalue weighted by Gasteiger charge is -2.04. The fraction of sp³-hybridized carbons (Fsp3) is 0.0909. The molecule has 0 fully saturated rings. The predicted molar refractivity (Wildman–Crippen MR) is 68.4 cm³/mol. The van der Waals surface area contributed by atoms with Gasteiger partial charge in [-0.25, -0.2) is 0 Å². The molecule has 5 nitrogen and oxygen atoms in total. The van der Waals surface area contributed by atoms with Crippen LogP contribution in [0.3, 0.4) is 0 Å². The Bertz CT molecular complexity index is 564. The van der Waals surface area contributed by atoms with Crippen LogP contribution in [0.25, 0.3) is 0 Å². The van der Waals surface area contributed by atoms with Crippen LogP contribution in [0.15, 0.2) is 35.1 Å². The molecule has 0 radical (unpaired) electrons. The molecule has 0 bridgehead atoms. The van der Waals surface area contributed by atoms with E-state index < -0.39 is 5.91 Å². The van der Waals surface area contributed by atoms with Crippen LogP contribution in [0, 0.1) is 0 Å². The first-order valence-corrected chi connectivity index (χ1v) is 5.72. The second kappa shape index (κ2) is 4.58. The number of rotatable bonds is 3. The van der Waals surface area contributed by atoms with Gasteiger partial charge in [-0.1, -0.05) is 6.07 Å². The van der Waals surface area contributed by atoms with Gasteiger partial charge in [0.25, 0.3) is 5.91 Å². The van der Waals surface area contributed by atoms with E-state index in [0.717, 1.165) is 10.0 Å². The molecule has 0 aliphatic carbocycles. The molecule has 0 aliphatic heterocycles. The number of hydrogen-bond donors (Lipinski definition) is 2. The number of nitrogens with zero attached hydrogens (tertiary/aromatic N) is 2. The Balaban J connectivity index is 2.19. The fourth-order valence-corrected chi connectivity index (χ4v) is 1.70. The number of nitrogen functional groups attached to an aromatic ring is 1. The minimum atomic E-state index is -0.480. The summed E-state index contributed by atoms with van der Waals surface area (Å²) in [6.45, 7) is 0.546. The Morgan fingerprint density at radius 1 is 1.47 bits per heavy atom. The number of anilines is 1. The second-order valence-corrected chi connectivity index (χ2v) is 4.50. The number of carbonyl (C=O) groups excluding carboxylic acids is 1. The first kappa shape index (κ1) is 11.7. The molecule has 1 aromatic heterocycles. The number of benzene rings is 1. The molecule has 2 aromatic rings. The highest BCUT2D eigenvalue weighted by Gasteiger charge is 2.05. The lowest BCUT2D eigenvalue weighted by Crippen LogP contribution is -2.09. The highest BCUT2D eigenvalue weighted by atomic mass is 79.9. The van der Waals surface area contributed by atoms with Crippen LogP contribution < -0.4 is 11.5 Å². The molecule has 17 heavy (non-hydrogen) atoms. The van der Waals surface area contributed by atoms with Gasteiger partial charge in [0.15, 0.2) is 0 Å². The smallest absolute Gasteiger partial charge is 0.251 e. The van der Waals surface area contributed by atoms with Crippen LogP contribution in [0.2, 0.25) is 0 Å². The molecule has 1 aromatic carbocycles. The Morgan fingerprint density at radius 3 is 2.82 bits per heavy atom. The maximum atomic E-state index is 10.9. The average molecular weight is 295 g/mol. The molecule has 0 spiro atoms. The van der Waals surface area contributed by atoms with Crippen molar-refractivity contribution in [3.63, 3.8) is 0 Å². The molecule has 0 saturated carbocycles. The summed E-state index contributed by atoms with van der Waals surface area (Å²) in [5, 5.41) is 4.05. The summed E-state index contributed by atoms with van der Waals surface area (Å²) in [6, 6.07) is 5.67. The molecule has 88 valence electrons. The molecule has 2 rings (SSSR count). The standard InChI is InChI=1S/C11H11BrN4O/c12-9-2-1-7(3-10(9)13)5-16-6-8(4-15-16)11(14)17/h1-4,6H,5,13H2,(H2,14,17). The number of halogens is 1. The van der Waals surface area contributed by atoms with E-state index in [9.17, 15) is 4.79 Å². The molecule has 4 N–H and O–H groups in total. The van der Waals surface area contributed by atoms with Gasteiger partial charge >= 0.3 is 0 Å². The maximum Gasteiger partial charge on any atom is 0.251 e. The molecule has 0 aliphatic rings. The van der Waals surface area contributed by atoms with E-state index in [1.165, 1.54) is 6.20 Å². The van der Waals surface area contributed by atoms with E-state index in [-0.39, 0.29) is 0 Å². The van der Waals surface area contributed by atoms with E-state index in [2.05, 4.69) is 21.0 Å². The molecular formula is C11H11BrN4O. The summed E-state index contributed by atoms with van der Waals surface area (Å²) < 4.78 is 2.50. The van der Waals surface area contributed by atoms with E-state index in [1.54, 1.807) is 10.9 Å². The zero-order chi connectivity index (χ0) is 12.4. The summed E-state index contributed by atoms with van der Waals surface area (Å²) in [6.07, 6.45) is 3.06. The Kier molecular flexibility index (Phi) is 3.14. The Labute approximate surface area is 107 Å². The zero-order valence-corrected chi connectivity index (χ0v) is 10.5. The van der Waals surface area contributed by atoms with Gasteiger partial charge in [-0.2, -0.15) is 5.10 Å². The van der Waals surface area contributed by atoms with Crippen molar-refractivity contribution in [3.05, 3.63) is 46.2 Å². The zero-order valence-electron chi connectivity index (χ0n) is 8.93. The largest absolute Gasteiger partial charge is 0.398 e. The van der Waals surface area contributed by atoms with Crippen molar-refractivity contribution in [2.45, 2.75) is 6.54 Å². The Hall–Kier alpha value is -1.82. The minimum Gasteiger partial charge on any atom is -0.398 e. The molecule has 6 heteroatoms. The van der Waals surface area contributed by atoms with E-state index in [1.807, 2.05) is 18.2 Å². The second-order valence-electron chi connectivity index (χ2n) is 3.65. The summed E-state index contributed by atoms with van der Waals surface area (Å²) >= 11 is 3.33. The minimum absolute atomic E-state index is 0.398. The van der Waals surface area contributed by atoms with Crippen LogP contribution >= 0.6 is 15.9 Å². The van der Waals surface area contributed by atoms with Crippen LogP contribution in [0.5, 0.6) is 0 Å². The highest BCUT2D eigenvalue weighted by molar-refractivity contribution is 9.10. The number of hydrogen-bond acceptors (Lipinski definition) is 3. The summed E-state index contributed by atoms with van der Waals surface area (Å²) in [5.74, 6) is -0.480. The van der Waals surface area contributed by atoms with Gasteiger partial charge in [0.1, 0.15) is 0 Å². The number of carbonyl (C=O) groups is 1. The lowest BCUT2D eigenvalue weighted by atomic mass is 10.2. The van der Waals surface area contributed by atoms with Gasteiger partial charge < -0.3 is 11.5 Å². The van der Waals surface area contributed by atoms with Crippen molar-refractivity contribution in [3.8, 4) is 0 Å². The third kappa shape index (κ3) is 2.65. The van der Waals surface area contributed by atoms with Gasteiger partial charge in [0.05, 0.1) is 18.3 Å². The Morgan fingerprint density at radius 2 is 2.24 bits per heavy atom. The van der Waals surface area contributed by atoms with Crippen LogP contribution in [0.4, 0.5) is 5.69 Å². The maximum absolute atomic E-state index is 10.9. The van der Waals surface area contributed by atoms with Crippen molar-refractivity contribution in [2.75, 3.05) is 5.73 Å². The lowest BCUT2D eigenvalue weighted by molar-refractivity contribution is 0.1000. The molecule has 1 heterocycles. The summed E-state index contributed by atoms with van der Waals surface area (Å²) in [7, 11) is 0. The third-order valence-electron chi connectivity index (χ3n) is 2.32. The normalized spacial score (nSPS) is 10.4. The van der Waals surface area contributed by atoms with E-state index >= 15 is 0 Å². The highest BCUT2D eigenvalue weighted by Crippen LogP contribution is 2.20. The fourth-order valence-electron chi connectivity index (χ4n) is 1.46. The number of nitrogens with two attached hydrogens (primary N) is 2. The molecule has 0 unspecified atom stereocenters. The van der Waals surface area contributed by atoms with Crippen molar-refractivity contribution >= 4 is 27.5 Å². The SMILES string of the molecule is NC(=O)c1cnn(Cc2ccc(Br)c(N)c2)c1. The van der Waals surface area contributed by atoms with Gasteiger partial charge in [0, 0.05) is 16.4 Å². The molecule has 0 saturated heterocycles. The quantitative estimate of drug-likeness (QED) is 0.838. The van der Waals surface area contributed by atoms with Crippen LogP contribution in [-0.4, -0.2) is 15.7 Å². The van der Waals surface area contributed by atoms with E-state index in [4.69, 9.17) is 11.5 Å². The van der Waals surface area contributed by atoms with Crippen molar-refractivity contribution in [1.29, 1.82) is 0 Å². The third-order valence-corrected chi connectivity index (χ3v) is 3.04. The van der Waals surface area contributed by atoms with Gasteiger partial charge in [-0.3, -0.25) is 9.48 Å². The topological polar surface area (TPSA) is 86.9 Å². The number of amides is 1. The monoisotopic (exact) mass is 294 g/mol. The number of aromatic nitrogens is 2. The van der Waals surface area contributed by atoms with Crippen LogP contribution in [0.1, 0.15) is 15.9 Å². The van der Waals surface area contributed by atoms with Gasteiger partial charge in [-0.15, -0.1) is 0 Å². The van der Waals surface area contributed by atoms with Crippen molar-refractivity contribution in [1.82, 2.24) is 9.78 Å². The summed E-state index contributed by atoms with van der Waals surface area (Å²) in [5.41, 5.74) is 13.0. The molecule has 1 amide bonds. The summed E-state index contributed by atoms with van der Waals surface area (Å²) in [4.78, 5) is 10.9. The molecule has 0 atom stereocenters. The van der Waals surface area contributed by atoms with Gasteiger partial charge in [-0.05, 0) is 33.6 Å².